The molecule has 1 heterocycles. The zero-order chi connectivity index (χ0) is 14.5. The quantitative estimate of drug-likeness (QED) is 0.754. The number of rotatable bonds is 6. The maximum atomic E-state index is 12.6. The Morgan fingerprint density at radius 2 is 2.10 bits per heavy atom. The molecule has 20 heavy (non-hydrogen) atoms. The Kier molecular flexibility index (Phi) is 4.34. The van der Waals surface area contributed by atoms with Crippen LogP contribution in [0.5, 0.6) is 11.5 Å². The van der Waals surface area contributed by atoms with E-state index in [-0.39, 0.29) is 5.78 Å². The Morgan fingerprint density at radius 1 is 1.30 bits per heavy atom. The van der Waals surface area contributed by atoms with Crippen molar-refractivity contribution >= 4 is 5.78 Å². The van der Waals surface area contributed by atoms with Crippen LogP contribution in [0.25, 0.3) is 0 Å². The predicted octanol–water partition coefficient (Wildman–Crippen LogP) is 1.94. The molecule has 1 aromatic heterocycles. The van der Waals surface area contributed by atoms with Crippen LogP contribution in [0, 0.1) is 0 Å². The molecule has 6 heteroatoms. The number of aryl methyl sites for hydroxylation is 1. The van der Waals surface area contributed by atoms with E-state index < -0.39 is 0 Å². The van der Waals surface area contributed by atoms with Gasteiger partial charge >= 0.3 is 0 Å². The molecular formula is C14H17N3O3. The molecule has 0 spiro atoms. The van der Waals surface area contributed by atoms with Crippen LogP contribution in [0.15, 0.2) is 24.4 Å². The zero-order valence-electron chi connectivity index (χ0n) is 11.8. The summed E-state index contributed by atoms with van der Waals surface area (Å²) in [5.41, 5.74) is 0.920. The molecule has 0 bridgehead atoms. The molecule has 106 valence electrons. The Labute approximate surface area is 117 Å². The van der Waals surface area contributed by atoms with Crippen molar-refractivity contribution in [3.05, 3.63) is 35.7 Å². The summed E-state index contributed by atoms with van der Waals surface area (Å²) in [4.78, 5) is 12.6. The molecule has 0 saturated carbocycles. The first-order chi connectivity index (χ1) is 9.71. The van der Waals surface area contributed by atoms with E-state index in [4.69, 9.17) is 9.47 Å². The number of nitrogens with zero attached hydrogens (tertiary/aromatic N) is 3. The molecule has 1 aromatic carbocycles. The Bertz CT molecular complexity index is 607. The minimum Gasteiger partial charge on any atom is -0.497 e. The predicted molar refractivity (Wildman–Crippen MR) is 73.3 cm³/mol. The zero-order valence-corrected chi connectivity index (χ0v) is 11.8. The van der Waals surface area contributed by atoms with E-state index in [1.165, 1.54) is 13.3 Å². The van der Waals surface area contributed by atoms with E-state index >= 15 is 0 Å². The highest BCUT2D eigenvalue weighted by Crippen LogP contribution is 2.26. The van der Waals surface area contributed by atoms with E-state index in [0.717, 1.165) is 6.42 Å². The molecule has 0 saturated heterocycles. The van der Waals surface area contributed by atoms with Crippen LogP contribution in [0.1, 0.15) is 29.4 Å². The summed E-state index contributed by atoms with van der Waals surface area (Å²) in [6, 6.07) is 5.09. The van der Waals surface area contributed by atoms with Gasteiger partial charge < -0.3 is 9.47 Å². The topological polar surface area (TPSA) is 66.2 Å². The third-order valence-corrected chi connectivity index (χ3v) is 2.94. The van der Waals surface area contributed by atoms with Gasteiger partial charge in [-0.25, -0.2) is 4.68 Å². The van der Waals surface area contributed by atoms with Crippen LogP contribution in [0.3, 0.4) is 0 Å². The number of ketones is 1. The molecular weight excluding hydrogens is 258 g/mol. The largest absolute Gasteiger partial charge is 0.497 e. The van der Waals surface area contributed by atoms with Crippen LogP contribution in [0.2, 0.25) is 0 Å². The summed E-state index contributed by atoms with van der Waals surface area (Å²) in [6.07, 6.45) is 2.35. The number of carbonyl (C=O) groups is 1. The molecule has 0 aliphatic heterocycles. The van der Waals surface area contributed by atoms with Crippen molar-refractivity contribution in [1.29, 1.82) is 0 Å². The molecule has 0 N–H and O–H groups in total. The fourth-order valence-corrected chi connectivity index (χ4v) is 1.93. The number of benzene rings is 1. The Hall–Kier alpha value is -2.37. The third-order valence-electron chi connectivity index (χ3n) is 2.94. The highest BCUT2D eigenvalue weighted by Gasteiger charge is 2.19. The van der Waals surface area contributed by atoms with Gasteiger partial charge in [0.25, 0.3) is 0 Å². The summed E-state index contributed by atoms with van der Waals surface area (Å²) >= 11 is 0. The molecule has 2 aromatic rings. The van der Waals surface area contributed by atoms with Gasteiger partial charge in [-0.2, -0.15) is 0 Å². The Balaban J connectivity index is 2.40. The molecule has 0 fully saturated rings. The van der Waals surface area contributed by atoms with Crippen molar-refractivity contribution in [3.8, 4) is 11.5 Å². The number of hydrogen-bond acceptors (Lipinski definition) is 5. The van der Waals surface area contributed by atoms with Gasteiger partial charge in [-0.15, -0.1) is 5.10 Å². The van der Waals surface area contributed by atoms with Crippen molar-refractivity contribution in [3.63, 3.8) is 0 Å². The van der Waals surface area contributed by atoms with Gasteiger partial charge in [-0.05, 0) is 18.6 Å². The second-order valence-electron chi connectivity index (χ2n) is 4.24. The van der Waals surface area contributed by atoms with Crippen molar-refractivity contribution in [2.75, 3.05) is 14.2 Å². The maximum absolute atomic E-state index is 12.6. The number of methoxy groups -OCH3 is 2. The van der Waals surface area contributed by atoms with Gasteiger partial charge in [0.05, 0.1) is 26.0 Å². The van der Waals surface area contributed by atoms with E-state index in [1.807, 2.05) is 6.92 Å². The van der Waals surface area contributed by atoms with E-state index in [2.05, 4.69) is 10.3 Å². The first-order valence-corrected chi connectivity index (χ1v) is 6.36. The smallest absolute Gasteiger partial charge is 0.216 e. The lowest BCUT2D eigenvalue weighted by atomic mass is 10.1. The van der Waals surface area contributed by atoms with Crippen molar-refractivity contribution in [2.45, 2.75) is 19.9 Å². The van der Waals surface area contributed by atoms with Crippen LogP contribution in [0.4, 0.5) is 0 Å². The van der Waals surface area contributed by atoms with E-state index in [0.29, 0.717) is 29.3 Å². The number of carbonyl (C=O) groups excluding carboxylic acids is 1. The van der Waals surface area contributed by atoms with Crippen LogP contribution >= 0.6 is 0 Å². The summed E-state index contributed by atoms with van der Waals surface area (Å²) in [5, 5.41) is 7.73. The first-order valence-electron chi connectivity index (χ1n) is 6.36. The maximum Gasteiger partial charge on any atom is 0.216 e. The number of aromatic nitrogens is 3. The summed E-state index contributed by atoms with van der Waals surface area (Å²) in [6.45, 7) is 2.67. The van der Waals surface area contributed by atoms with Gasteiger partial charge in [0.1, 0.15) is 17.2 Å². The second-order valence-corrected chi connectivity index (χ2v) is 4.24. The lowest BCUT2D eigenvalue weighted by molar-refractivity contribution is 0.102. The van der Waals surface area contributed by atoms with Crippen LogP contribution < -0.4 is 9.47 Å². The normalized spacial score (nSPS) is 10.3. The molecule has 0 aliphatic rings. The fourth-order valence-electron chi connectivity index (χ4n) is 1.93. The fraction of sp³-hybridized carbons (Fsp3) is 0.357. The second kappa shape index (κ2) is 6.18. The van der Waals surface area contributed by atoms with Gasteiger partial charge in [0.2, 0.25) is 5.78 Å². The minimum absolute atomic E-state index is 0.164. The monoisotopic (exact) mass is 275 g/mol. The van der Waals surface area contributed by atoms with Gasteiger partial charge in [0, 0.05) is 12.6 Å². The third kappa shape index (κ3) is 2.64. The van der Waals surface area contributed by atoms with Gasteiger partial charge in [-0.1, -0.05) is 12.1 Å². The van der Waals surface area contributed by atoms with E-state index in [1.54, 1.807) is 30.0 Å². The van der Waals surface area contributed by atoms with Crippen molar-refractivity contribution in [1.82, 2.24) is 15.0 Å². The van der Waals surface area contributed by atoms with Crippen molar-refractivity contribution < 1.29 is 14.3 Å². The molecule has 0 unspecified atom stereocenters. The van der Waals surface area contributed by atoms with Crippen molar-refractivity contribution in [2.24, 2.45) is 0 Å². The molecule has 0 amide bonds. The standard InChI is InChI=1S/C14H17N3O3/c1-4-7-17-12(9-15-16-17)14(18)11-6-5-10(19-2)8-13(11)20-3/h5-6,8-9H,4,7H2,1-3H3. The molecule has 0 aliphatic carbocycles. The lowest BCUT2D eigenvalue weighted by Gasteiger charge is -2.10. The van der Waals surface area contributed by atoms with Crippen LogP contribution in [-0.4, -0.2) is 35.0 Å². The highest BCUT2D eigenvalue weighted by atomic mass is 16.5. The molecule has 6 nitrogen and oxygen atoms in total. The average molecular weight is 275 g/mol. The summed E-state index contributed by atoms with van der Waals surface area (Å²) < 4.78 is 12.0. The van der Waals surface area contributed by atoms with Gasteiger partial charge in [0.15, 0.2) is 0 Å². The Morgan fingerprint density at radius 3 is 2.75 bits per heavy atom. The lowest BCUT2D eigenvalue weighted by Crippen LogP contribution is -2.12. The first kappa shape index (κ1) is 14.0. The number of hydrogen-bond donors (Lipinski definition) is 0. The van der Waals surface area contributed by atoms with Crippen LogP contribution in [-0.2, 0) is 6.54 Å². The summed E-state index contributed by atoms with van der Waals surface area (Å²) in [5.74, 6) is 0.945. The van der Waals surface area contributed by atoms with Gasteiger partial charge in [-0.3, -0.25) is 4.79 Å². The van der Waals surface area contributed by atoms with E-state index in [9.17, 15) is 4.79 Å². The minimum atomic E-state index is -0.164. The average Bonchev–Trinajstić information content (AvgIpc) is 2.94. The molecule has 2 rings (SSSR count). The number of ether oxygens (including phenoxy) is 2. The SMILES string of the molecule is CCCn1nncc1C(=O)c1ccc(OC)cc1OC. The molecule has 0 atom stereocenters. The molecule has 0 radical (unpaired) electrons. The summed E-state index contributed by atoms with van der Waals surface area (Å²) in [7, 11) is 3.09. The highest BCUT2D eigenvalue weighted by molar-refractivity contribution is 6.09.